The van der Waals surface area contributed by atoms with Crippen molar-refractivity contribution in [1.82, 2.24) is 9.55 Å². The fourth-order valence-electron chi connectivity index (χ4n) is 3.45. The van der Waals surface area contributed by atoms with Crippen LogP contribution in [-0.4, -0.2) is 22.6 Å². The second kappa shape index (κ2) is 10.6. The molecule has 0 unspecified atom stereocenters. The van der Waals surface area contributed by atoms with E-state index in [9.17, 15) is 4.79 Å². The maximum absolute atomic E-state index is 12.6. The molecule has 0 spiro atoms. The highest BCUT2D eigenvalue weighted by atomic mass is 35.5. The van der Waals surface area contributed by atoms with E-state index in [1.54, 1.807) is 11.3 Å². The van der Waals surface area contributed by atoms with Gasteiger partial charge in [0.25, 0.3) is 0 Å². The van der Waals surface area contributed by atoms with Gasteiger partial charge in [0.15, 0.2) is 0 Å². The van der Waals surface area contributed by atoms with Gasteiger partial charge in [0.2, 0.25) is 0 Å². The zero-order valence-corrected chi connectivity index (χ0v) is 19.2. The van der Waals surface area contributed by atoms with Crippen LogP contribution in [0.25, 0.3) is 5.57 Å². The quantitative estimate of drug-likeness (QED) is 0.293. The molecule has 0 atom stereocenters. The molecule has 0 fully saturated rings. The summed E-state index contributed by atoms with van der Waals surface area (Å²) in [6.45, 7) is 4.75. The summed E-state index contributed by atoms with van der Waals surface area (Å²) < 4.78 is 7.29. The summed E-state index contributed by atoms with van der Waals surface area (Å²) in [5.41, 5.74) is 4.59. The molecule has 4 nitrogen and oxygen atoms in total. The molecule has 0 saturated heterocycles. The standard InChI is InChI=1S/C24H27ClN2O2S/c1-4-5-10-23-26-14-22(27(23)15-19-8-6-7-9-21(19)25)17(2)20(24(28)29-3)13-18-11-12-30-16-18/h6-9,11-12,14,16H,4-5,10,13,15H2,1-3H3. The van der Waals surface area contributed by atoms with Crippen LogP contribution in [0.3, 0.4) is 0 Å². The summed E-state index contributed by atoms with van der Waals surface area (Å²) in [5, 5.41) is 4.81. The van der Waals surface area contributed by atoms with Crippen LogP contribution in [0.5, 0.6) is 0 Å². The number of imidazole rings is 1. The Kier molecular flexibility index (Phi) is 7.88. The zero-order chi connectivity index (χ0) is 21.5. The lowest BCUT2D eigenvalue weighted by atomic mass is 10.0. The summed E-state index contributed by atoms with van der Waals surface area (Å²) in [7, 11) is 1.43. The number of methoxy groups -OCH3 is 1. The number of benzene rings is 1. The van der Waals surface area contributed by atoms with Crippen molar-refractivity contribution in [1.29, 1.82) is 0 Å². The Morgan fingerprint density at radius 3 is 2.73 bits per heavy atom. The first-order valence-electron chi connectivity index (χ1n) is 10.1. The monoisotopic (exact) mass is 442 g/mol. The largest absolute Gasteiger partial charge is 0.466 e. The molecule has 2 heterocycles. The lowest BCUT2D eigenvalue weighted by Crippen LogP contribution is -2.13. The van der Waals surface area contributed by atoms with Gasteiger partial charge in [-0.2, -0.15) is 11.3 Å². The Balaban J connectivity index is 2.07. The maximum atomic E-state index is 12.6. The van der Waals surface area contributed by atoms with Crippen LogP contribution in [0.15, 0.2) is 52.9 Å². The number of ether oxygens (including phenoxy) is 1. The third-order valence-corrected chi connectivity index (χ3v) is 6.31. The molecule has 0 amide bonds. The highest BCUT2D eigenvalue weighted by molar-refractivity contribution is 7.07. The van der Waals surface area contributed by atoms with Gasteiger partial charge in [-0.15, -0.1) is 0 Å². The van der Waals surface area contributed by atoms with Crippen LogP contribution < -0.4 is 0 Å². The molecule has 0 radical (unpaired) electrons. The minimum Gasteiger partial charge on any atom is -0.466 e. The molecule has 30 heavy (non-hydrogen) atoms. The van der Waals surface area contributed by atoms with Crippen molar-refractivity contribution in [3.63, 3.8) is 0 Å². The summed E-state index contributed by atoms with van der Waals surface area (Å²) in [4.78, 5) is 17.3. The van der Waals surface area contributed by atoms with Crippen LogP contribution in [0.1, 0.15) is 49.3 Å². The highest BCUT2D eigenvalue weighted by Crippen LogP contribution is 2.27. The van der Waals surface area contributed by atoms with E-state index in [-0.39, 0.29) is 5.97 Å². The molecule has 3 aromatic rings. The average Bonchev–Trinajstić information content (AvgIpc) is 3.41. The second-order valence-corrected chi connectivity index (χ2v) is 8.43. The number of nitrogens with zero attached hydrogens (tertiary/aromatic N) is 2. The number of hydrogen-bond acceptors (Lipinski definition) is 4. The average molecular weight is 443 g/mol. The minimum atomic E-state index is -0.306. The van der Waals surface area contributed by atoms with Crippen molar-refractivity contribution < 1.29 is 9.53 Å². The SMILES string of the molecule is CCCCc1ncc(C(C)=C(Cc2ccsc2)C(=O)OC)n1Cc1ccccc1Cl. The predicted octanol–water partition coefficient (Wildman–Crippen LogP) is 6.18. The number of thiophene rings is 1. The van der Waals surface area contributed by atoms with Gasteiger partial charge in [0.1, 0.15) is 5.82 Å². The van der Waals surface area contributed by atoms with Gasteiger partial charge in [-0.1, -0.05) is 43.1 Å². The van der Waals surface area contributed by atoms with Gasteiger partial charge < -0.3 is 9.30 Å². The fourth-order valence-corrected chi connectivity index (χ4v) is 4.32. The Morgan fingerprint density at radius 1 is 1.27 bits per heavy atom. The maximum Gasteiger partial charge on any atom is 0.334 e. The Bertz CT molecular complexity index is 1020. The molecule has 0 bridgehead atoms. The van der Waals surface area contributed by atoms with E-state index in [1.807, 2.05) is 48.8 Å². The predicted molar refractivity (Wildman–Crippen MR) is 124 cm³/mol. The number of esters is 1. The van der Waals surface area contributed by atoms with Crippen molar-refractivity contribution >= 4 is 34.5 Å². The number of aryl methyl sites for hydroxylation is 1. The summed E-state index contributed by atoms with van der Waals surface area (Å²) in [5.74, 6) is 0.699. The minimum absolute atomic E-state index is 0.306. The van der Waals surface area contributed by atoms with Crippen LogP contribution in [0.2, 0.25) is 5.02 Å². The molecule has 1 aromatic carbocycles. The topological polar surface area (TPSA) is 44.1 Å². The van der Waals surface area contributed by atoms with E-state index in [2.05, 4.69) is 16.9 Å². The first-order chi connectivity index (χ1) is 14.5. The van der Waals surface area contributed by atoms with Crippen molar-refractivity contribution in [2.24, 2.45) is 0 Å². The number of unbranched alkanes of at least 4 members (excludes halogenated alkanes) is 1. The number of carbonyl (C=O) groups is 1. The van der Waals surface area contributed by atoms with Crippen molar-refractivity contribution in [2.75, 3.05) is 7.11 Å². The number of allylic oxidation sites excluding steroid dienone is 1. The highest BCUT2D eigenvalue weighted by Gasteiger charge is 2.20. The number of aromatic nitrogens is 2. The smallest absolute Gasteiger partial charge is 0.334 e. The van der Waals surface area contributed by atoms with E-state index < -0.39 is 0 Å². The lowest BCUT2D eigenvalue weighted by Gasteiger charge is -2.16. The van der Waals surface area contributed by atoms with Gasteiger partial charge in [0.05, 0.1) is 25.5 Å². The zero-order valence-electron chi connectivity index (χ0n) is 17.7. The second-order valence-electron chi connectivity index (χ2n) is 7.24. The van der Waals surface area contributed by atoms with E-state index in [0.717, 1.165) is 52.5 Å². The van der Waals surface area contributed by atoms with Crippen LogP contribution in [0, 0.1) is 0 Å². The number of halogens is 1. The van der Waals surface area contributed by atoms with Crippen molar-refractivity contribution in [3.05, 3.63) is 80.5 Å². The van der Waals surface area contributed by atoms with E-state index in [0.29, 0.717) is 18.5 Å². The van der Waals surface area contributed by atoms with Gasteiger partial charge in [0, 0.05) is 23.4 Å². The molecule has 0 aliphatic carbocycles. The van der Waals surface area contributed by atoms with Gasteiger partial charge >= 0.3 is 5.97 Å². The Labute approximate surface area is 187 Å². The molecule has 0 N–H and O–H groups in total. The van der Waals surface area contributed by atoms with Gasteiger partial charge in [-0.3, -0.25) is 0 Å². The molecule has 6 heteroatoms. The number of rotatable bonds is 9. The van der Waals surface area contributed by atoms with E-state index >= 15 is 0 Å². The van der Waals surface area contributed by atoms with E-state index in [4.69, 9.17) is 21.3 Å². The Morgan fingerprint density at radius 2 is 2.07 bits per heavy atom. The normalized spacial score (nSPS) is 12.0. The first kappa shape index (κ1) is 22.3. The number of hydrogen-bond donors (Lipinski definition) is 0. The summed E-state index contributed by atoms with van der Waals surface area (Å²) in [6, 6.07) is 9.89. The van der Waals surface area contributed by atoms with Crippen LogP contribution in [0.4, 0.5) is 0 Å². The molecular weight excluding hydrogens is 416 g/mol. The summed E-state index contributed by atoms with van der Waals surface area (Å²) in [6.07, 6.45) is 5.43. The third kappa shape index (κ3) is 5.21. The van der Waals surface area contributed by atoms with Crippen LogP contribution in [-0.2, 0) is 28.9 Å². The molecule has 0 saturated carbocycles. The van der Waals surface area contributed by atoms with Gasteiger partial charge in [-0.25, -0.2) is 9.78 Å². The van der Waals surface area contributed by atoms with Crippen LogP contribution >= 0.6 is 22.9 Å². The Hall–Kier alpha value is -2.37. The number of carbonyl (C=O) groups excluding carboxylic acids is 1. The molecule has 0 aliphatic heterocycles. The molecule has 3 rings (SSSR count). The molecular formula is C24H27ClN2O2S. The van der Waals surface area contributed by atoms with Gasteiger partial charge in [-0.05, 0) is 52.9 Å². The lowest BCUT2D eigenvalue weighted by molar-refractivity contribution is -0.136. The molecule has 2 aromatic heterocycles. The third-order valence-electron chi connectivity index (χ3n) is 5.21. The molecule has 158 valence electrons. The van der Waals surface area contributed by atoms with Crippen molar-refractivity contribution in [2.45, 2.75) is 46.1 Å². The van der Waals surface area contributed by atoms with E-state index in [1.165, 1.54) is 7.11 Å². The molecule has 0 aliphatic rings. The first-order valence-corrected chi connectivity index (χ1v) is 11.4. The van der Waals surface area contributed by atoms with Crippen molar-refractivity contribution in [3.8, 4) is 0 Å². The summed E-state index contributed by atoms with van der Waals surface area (Å²) >= 11 is 8.06. The fraction of sp³-hybridized carbons (Fsp3) is 0.333.